The van der Waals surface area contributed by atoms with E-state index in [4.69, 9.17) is 27.6 Å². The number of nitrogens with one attached hydrogen (secondary N) is 1. The lowest BCUT2D eigenvalue weighted by Crippen LogP contribution is -2.28. The molecule has 0 saturated carbocycles. The van der Waals surface area contributed by atoms with Crippen molar-refractivity contribution < 1.29 is 9.21 Å². The summed E-state index contributed by atoms with van der Waals surface area (Å²) in [4.78, 5) is 16.9. The summed E-state index contributed by atoms with van der Waals surface area (Å²) in [6.07, 6.45) is 0.137. The van der Waals surface area contributed by atoms with Crippen molar-refractivity contribution in [2.75, 3.05) is 0 Å². The minimum Gasteiger partial charge on any atom is -0.441 e. The van der Waals surface area contributed by atoms with Crippen LogP contribution in [-0.4, -0.2) is 10.9 Å². The van der Waals surface area contributed by atoms with Gasteiger partial charge in [0, 0.05) is 15.6 Å². The molecular formula is C20H18Cl2N2O2. The molecule has 0 fully saturated rings. The SMILES string of the molecule is Cc1oc(-c2ccccc2)nc1CC(=O)NC(C)c1ccc(Cl)cc1Cl. The zero-order valence-corrected chi connectivity index (χ0v) is 15.9. The molecule has 1 unspecified atom stereocenters. The number of amides is 1. The second-order valence-corrected chi connectivity index (χ2v) is 6.86. The summed E-state index contributed by atoms with van der Waals surface area (Å²) in [7, 11) is 0. The number of hydrogen-bond acceptors (Lipinski definition) is 3. The highest BCUT2D eigenvalue weighted by atomic mass is 35.5. The third-order valence-corrected chi connectivity index (χ3v) is 4.61. The van der Waals surface area contributed by atoms with Crippen LogP contribution in [0.2, 0.25) is 10.0 Å². The molecular weight excluding hydrogens is 371 g/mol. The molecule has 0 aliphatic heterocycles. The maximum absolute atomic E-state index is 12.4. The van der Waals surface area contributed by atoms with Crippen molar-refractivity contribution in [1.29, 1.82) is 0 Å². The molecule has 1 atom stereocenters. The number of carbonyl (C=O) groups excluding carboxylic acids is 1. The Morgan fingerprint density at radius 2 is 1.92 bits per heavy atom. The van der Waals surface area contributed by atoms with Crippen molar-refractivity contribution in [3.63, 3.8) is 0 Å². The molecule has 0 aliphatic rings. The van der Waals surface area contributed by atoms with E-state index in [1.165, 1.54) is 0 Å². The van der Waals surface area contributed by atoms with Gasteiger partial charge in [-0.3, -0.25) is 4.79 Å². The van der Waals surface area contributed by atoms with Gasteiger partial charge in [-0.15, -0.1) is 0 Å². The number of aromatic nitrogens is 1. The molecule has 0 spiro atoms. The maximum atomic E-state index is 12.4. The van der Waals surface area contributed by atoms with Crippen LogP contribution in [0.1, 0.15) is 30.0 Å². The van der Waals surface area contributed by atoms with Crippen LogP contribution in [0, 0.1) is 6.92 Å². The van der Waals surface area contributed by atoms with Gasteiger partial charge in [0.15, 0.2) is 0 Å². The van der Waals surface area contributed by atoms with Crippen LogP contribution in [0.25, 0.3) is 11.5 Å². The molecule has 1 N–H and O–H groups in total. The fourth-order valence-electron chi connectivity index (χ4n) is 2.67. The number of rotatable bonds is 5. The first-order valence-corrected chi connectivity index (χ1v) is 8.95. The molecule has 134 valence electrons. The van der Waals surface area contributed by atoms with Gasteiger partial charge in [-0.1, -0.05) is 47.5 Å². The Morgan fingerprint density at radius 3 is 2.62 bits per heavy atom. The molecule has 1 heterocycles. The van der Waals surface area contributed by atoms with Crippen LogP contribution in [-0.2, 0) is 11.2 Å². The van der Waals surface area contributed by atoms with Crippen LogP contribution < -0.4 is 5.32 Å². The molecule has 26 heavy (non-hydrogen) atoms. The number of halogens is 2. The summed E-state index contributed by atoms with van der Waals surface area (Å²) in [5.74, 6) is 0.996. The van der Waals surface area contributed by atoms with Gasteiger partial charge in [0.25, 0.3) is 0 Å². The number of benzene rings is 2. The third kappa shape index (κ3) is 4.26. The maximum Gasteiger partial charge on any atom is 0.226 e. The zero-order chi connectivity index (χ0) is 18.7. The number of oxazole rings is 1. The van der Waals surface area contributed by atoms with Crippen molar-refractivity contribution in [3.8, 4) is 11.5 Å². The number of hydrogen-bond donors (Lipinski definition) is 1. The van der Waals surface area contributed by atoms with Crippen molar-refractivity contribution in [2.24, 2.45) is 0 Å². The molecule has 6 heteroatoms. The summed E-state index contributed by atoms with van der Waals surface area (Å²) in [6.45, 7) is 3.68. The van der Waals surface area contributed by atoms with E-state index in [0.29, 0.717) is 27.4 Å². The lowest BCUT2D eigenvalue weighted by Gasteiger charge is -2.15. The molecule has 3 rings (SSSR count). The van der Waals surface area contributed by atoms with E-state index in [9.17, 15) is 4.79 Å². The van der Waals surface area contributed by atoms with E-state index in [0.717, 1.165) is 11.1 Å². The molecule has 1 aromatic heterocycles. The van der Waals surface area contributed by atoms with E-state index in [1.807, 2.05) is 50.2 Å². The van der Waals surface area contributed by atoms with E-state index in [-0.39, 0.29) is 18.4 Å². The second kappa shape index (κ2) is 7.94. The molecule has 3 aromatic rings. The van der Waals surface area contributed by atoms with Gasteiger partial charge in [-0.05, 0) is 43.7 Å². The minimum absolute atomic E-state index is 0.137. The molecule has 0 saturated heterocycles. The van der Waals surface area contributed by atoms with Crippen LogP contribution in [0.15, 0.2) is 52.9 Å². The summed E-state index contributed by atoms with van der Waals surface area (Å²) >= 11 is 12.1. The number of nitrogens with zero attached hydrogens (tertiary/aromatic N) is 1. The average Bonchev–Trinajstić information content (AvgIpc) is 2.96. The van der Waals surface area contributed by atoms with Gasteiger partial charge in [0.2, 0.25) is 11.8 Å². The first-order chi connectivity index (χ1) is 12.4. The number of carbonyl (C=O) groups is 1. The van der Waals surface area contributed by atoms with Gasteiger partial charge in [0.05, 0.1) is 18.2 Å². The van der Waals surface area contributed by atoms with Crippen molar-refractivity contribution in [2.45, 2.75) is 26.3 Å². The van der Waals surface area contributed by atoms with Crippen LogP contribution in [0.3, 0.4) is 0 Å². The quantitative estimate of drug-likeness (QED) is 0.638. The van der Waals surface area contributed by atoms with E-state index in [1.54, 1.807) is 12.1 Å². The first-order valence-electron chi connectivity index (χ1n) is 8.20. The standard InChI is InChI=1S/C20H18Cl2N2O2/c1-12(16-9-8-15(21)10-17(16)22)23-19(25)11-18-13(2)26-20(24-18)14-6-4-3-5-7-14/h3-10,12H,11H2,1-2H3,(H,23,25). The minimum atomic E-state index is -0.243. The monoisotopic (exact) mass is 388 g/mol. The Hall–Kier alpha value is -2.30. The first kappa shape index (κ1) is 18.5. The summed E-state index contributed by atoms with van der Waals surface area (Å²) < 4.78 is 5.70. The highest BCUT2D eigenvalue weighted by Gasteiger charge is 2.17. The fraction of sp³-hybridized carbons (Fsp3) is 0.200. The lowest BCUT2D eigenvalue weighted by atomic mass is 10.1. The molecule has 0 aliphatic carbocycles. The average molecular weight is 389 g/mol. The predicted molar refractivity (Wildman–Crippen MR) is 103 cm³/mol. The zero-order valence-electron chi connectivity index (χ0n) is 14.4. The summed E-state index contributed by atoms with van der Waals surface area (Å²) in [5, 5.41) is 4.01. The van der Waals surface area contributed by atoms with E-state index < -0.39 is 0 Å². The summed E-state index contributed by atoms with van der Waals surface area (Å²) in [5.41, 5.74) is 2.31. The van der Waals surface area contributed by atoms with Gasteiger partial charge in [-0.25, -0.2) is 4.98 Å². The van der Waals surface area contributed by atoms with E-state index in [2.05, 4.69) is 10.3 Å². The lowest BCUT2D eigenvalue weighted by molar-refractivity contribution is -0.121. The predicted octanol–water partition coefficient (Wildman–Crippen LogP) is 5.38. The van der Waals surface area contributed by atoms with Crippen LogP contribution >= 0.6 is 23.2 Å². The van der Waals surface area contributed by atoms with Crippen molar-refractivity contribution >= 4 is 29.1 Å². The Balaban J connectivity index is 1.69. The smallest absolute Gasteiger partial charge is 0.226 e. The van der Waals surface area contributed by atoms with Crippen LogP contribution in [0.5, 0.6) is 0 Å². The summed E-state index contributed by atoms with van der Waals surface area (Å²) in [6, 6.07) is 14.6. The van der Waals surface area contributed by atoms with Gasteiger partial charge in [-0.2, -0.15) is 0 Å². The Labute approximate surface area is 162 Å². The highest BCUT2D eigenvalue weighted by Crippen LogP contribution is 2.26. The van der Waals surface area contributed by atoms with Gasteiger partial charge < -0.3 is 9.73 Å². The topological polar surface area (TPSA) is 55.1 Å². The second-order valence-electron chi connectivity index (χ2n) is 6.02. The molecule has 1 amide bonds. The van der Waals surface area contributed by atoms with Gasteiger partial charge in [0.1, 0.15) is 5.76 Å². The third-order valence-electron chi connectivity index (χ3n) is 4.05. The van der Waals surface area contributed by atoms with E-state index >= 15 is 0 Å². The highest BCUT2D eigenvalue weighted by molar-refractivity contribution is 6.35. The van der Waals surface area contributed by atoms with Gasteiger partial charge >= 0.3 is 0 Å². The Kier molecular flexibility index (Phi) is 5.64. The molecule has 4 nitrogen and oxygen atoms in total. The van der Waals surface area contributed by atoms with Crippen molar-refractivity contribution in [3.05, 3.63) is 75.6 Å². The fourth-order valence-corrected chi connectivity index (χ4v) is 3.24. The Bertz CT molecular complexity index is 923. The molecule has 0 bridgehead atoms. The number of aryl methyl sites for hydroxylation is 1. The van der Waals surface area contributed by atoms with Crippen molar-refractivity contribution in [1.82, 2.24) is 10.3 Å². The molecule has 0 radical (unpaired) electrons. The largest absolute Gasteiger partial charge is 0.441 e. The normalized spacial score (nSPS) is 12.0. The Morgan fingerprint density at radius 1 is 1.19 bits per heavy atom. The van der Waals surface area contributed by atoms with Crippen LogP contribution in [0.4, 0.5) is 0 Å². The molecule has 2 aromatic carbocycles.